The summed E-state index contributed by atoms with van der Waals surface area (Å²) in [5.41, 5.74) is 7.60. The first-order valence-corrected chi connectivity index (χ1v) is 9.58. The largest absolute Gasteiger partial charge is 0.493 e. The Kier molecular flexibility index (Phi) is 6.45. The Morgan fingerprint density at radius 3 is 2.48 bits per heavy atom. The Hall–Kier alpha value is -2.40. The van der Waals surface area contributed by atoms with Crippen molar-refractivity contribution in [2.75, 3.05) is 19.7 Å². The van der Waals surface area contributed by atoms with Crippen LogP contribution in [0.1, 0.15) is 24.0 Å². The molecule has 0 bridgehead atoms. The van der Waals surface area contributed by atoms with Crippen LogP contribution < -0.4 is 15.2 Å². The molecule has 1 heterocycles. The van der Waals surface area contributed by atoms with E-state index in [0.717, 1.165) is 48.6 Å². The van der Waals surface area contributed by atoms with Crippen LogP contribution in [0.4, 0.5) is 0 Å². The van der Waals surface area contributed by atoms with Crippen molar-refractivity contribution in [1.29, 1.82) is 5.41 Å². The second-order valence-electron chi connectivity index (χ2n) is 6.99. The van der Waals surface area contributed by atoms with Gasteiger partial charge in [0.2, 0.25) is 0 Å². The fourth-order valence-electron chi connectivity index (χ4n) is 3.21. The van der Waals surface area contributed by atoms with Gasteiger partial charge < -0.3 is 20.1 Å². The molecule has 1 aliphatic heterocycles. The van der Waals surface area contributed by atoms with E-state index in [9.17, 15) is 0 Å². The van der Waals surface area contributed by atoms with Crippen LogP contribution in [0.15, 0.2) is 42.5 Å². The van der Waals surface area contributed by atoms with Crippen molar-refractivity contribution in [2.45, 2.75) is 26.4 Å². The van der Waals surface area contributed by atoms with Gasteiger partial charge in [-0.1, -0.05) is 29.8 Å². The van der Waals surface area contributed by atoms with Gasteiger partial charge in [-0.2, -0.15) is 0 Å². The van der Waals surface area contributed by atoms with Gasteiger partial charge in [0.25, 0.3) is 0 Å². The third-order valence-electron chi connectivity index (χ3n) is 4.82. The van der Waals surface area contributed by atoms with Gasteiger partial charge in [0.05, 0.1) is 6.61 Å². The summed E-state index contributed by atoms with van der Waals surface area (Å²) in [7, 11) is 0. The summed E-state index contributed by atoms with van der Waals surface area (Å²) >= 11 is 6.19. The second kappa shape index (κ2) is 9.00. The van der Waals surface area contributed by atoms with E-state index in [1.807, 2.05) is 54.3 Å². The number of likely N-dealkylation sites (tertiary alicyclic amines) is 1. The van der Waals surface area contributed by atoms with Gasteiger partial charge in [-0.25, -0.2) is 0 Å². The first kappa shape index (κ1) is 19.4. The number of benzene rings is 2. The van der Waals surface area contributed by atoms with E-state index in [1.54, 1.807) is 0 Å². The summed E-state index contributed by atoms with van der Waals surface area (Å²) in [6.07, 6.45) is 1.97. The Labute approximate surface area is 165 Å². The number of aryl methyl sites for hydroxylation is 1. The number of hydrogen-bond donors (Lipinski definition) is 2. The summed E-state index contributed by atoms with van der Waals surface area (Å²) in [5.74, 6) is 2.23. The highest BCUT2D eigenvalue weighted by Crippen LogP contribution is 2.26. The molecule has 3 rings (SSSR count). The van der Waals surface area contributed by atoms with Crippen LogP contribution in [0.2, 0.25) is 5.02 Å². The number of nitrogens with two attached hydrogens (primary N) is 1. The van der Waals surface area contributed by atoms with Gasteiger partial charge >= 0.3 is 0 Å². The predicted octanol–water partition coefficient (Wildman–Crippen LogP) is 4.21. The zero-order valence-electron chi connectivity index (χ0n) is 15.6. The fraction of sp³-hybridized carbons (Fsp3) is 0.381. The summed E-state index contributed by atoms with van der Waals surface area (Å²) in [4.78, 5) is 1.91. The Bertz CT molecular complexity index is 789. The predicted molar refractivity (Wildman–Crippen MR) is 109 cm³/mol. The van der Waals surface area contributed by atoms with Crippen molar-refractivity contribution >= 4 is 17.6 Å². The van der Waals surface area contributed by atoms with E-state index in [2.05, 4.69) is 0 Å². The molecule has 1 aliphatic rings. The Morgan fingerprint density at radius 2 is 1.81 bits per heavy atom. The molecule has 0 aliphatic carbocycles. The molecule has 5 nitrogen and oxygen atoms in total. The summed E-state index contributed by atoms with van der Waals surface area (Å²) in [5, 5.41) is 8.21. The van der Waals surface area contributed by atoms with Gasteiger partial charge in [-0.3, -0.25) is 5.41 Å². The molecule has 1 saturated heterocycles. The maximum atomic E-state index is 7.50. The number of nitrogens with zero attached hydrogens (tertiary/aromatic N) is 1. The molecule has 0 saturated carbocycles. The molecule has 0 atom stereocenters. The number of ether oxygens (including phenoxy) is 2. The first-order valence-electron chi connectivity index (χ1n) is 9.21. The molecule has 144 valence electrons. The van der Waals surface area contributed by atoms with Gasteiger partial charge in [-0.05, 0) is 49.4 Å². The zero-order chi connectivity index (χ0) is 19.2. The number of hydrogen-bond acceptors (Lipinski definition) is 3. The van der Waals surface area contributed by atoms with Crippen LogP contribution in [0, 0.1) is 18.3 Å². The monoisotopic (exact) mass is 387 g/mol. The highest BCUT2D eigenvalue weighted by molar-refractivity contribution is 6.31. The highest BCUT2D eigenvalue weighted by atomic mass is 35.5. The van der Waals surface area contributed by atoms with Crippen LogP contribution in [-0.2, 0) is 6.61 Å². The molecule has 0 spiro atoms. The molecule has 2 aromatic rings. The number of piperidine rings is 1. The van der Waals surface area contributed by atoms with Crippen molar-refractivity contribution in [1.82, 2.24) is 4.90 Å². The lowest BCUT2D eigenvalue weighted by Crippen LogP contribution is -2.43. The lowest BCUT2D eigenvalue weighted by Gasteiger charge is -2.32. The molecule has 3 N–H and O–H groups in total. The lowest BCUT2D eigenvalue weighted by molar-refractivity contribution is 0.179. The molecular formula is C21H26ClN3O2. The molecule has 0 unspecified atom stereocenters. The van der Waals surface area contributed by atoms with E-state index in [4.69, 9.17) is 32.2 Å². The van der Waals surface area contributed by atoms with Gasteiger partial charge in [0.1, 0.15) is 18.1 Å². The summed E-state index contributed by atoms with van der Waals surface area (Å²) in [6.45, 7) is 4.76. The van der Waals surface area contributed by atoms with Crippen LogP contribution in [0.5, 0.6) is 11.5 Å². The molecule has 2 aromatic carbocycles. The smallest absolute Gasteiger partial charge is 0.188 e. The maximum absolute atomic E-state index is 7.50. The van der Waals surface area contributed by atoms with E-state index < -0.39 is 0 Å². The third kappa shape index (κ3) is 5.54. The fourth-order valence-corrected chi connectivity index (χ4v) is 3.40. The SMILES string of the molecule is Cc1cc(OCc2ccccc2Cl)cc(OCC2CCN(C(=N)N)CC2)c1. The highest BCUT2D eigenvalue weighted by Gasteiger charge is 2.20. The molecular weight excluding hydrogens is 362 g/mol. The average Bonchev–Trinajstić information content (AvgIpc) is 2.66. The van der Waals surface area contributed by atoms with Gasteiger partial charge in [0.15, 0.2) is 5.96 Å². The number of rotatable bonds is 6. The van der Waals surface area contributed by atoms with Crippen LogP contribution in [-0.4, -0.2) is 30.6 Å². The zero-order valence-corrected chi connectivity index (χ0v) is 16.3. The van der Waals surface area contributed by atoms with E-state index in [1.165, 1.54) is 0 Å². The minimum Gasteiger partial charge on any atom is -0.493 e. The van der Waals surface area contributed by atoms with E-state index in [-0.39, 0.29) is 5.96 Å². The average molecular weight is 388 g/mol. The Morgan fingerprint density at radius 1 is 1.15 bits per heavy atom. The van der Waals surface area contributed by atoms with Crippen LogP contribution >= 0.6 is 11.6 Å². The maximum Gasteiger partial charge on any atom is 0.188 e. The minimum atomic E-state index is 0.161. The summed E-state index contributed by atoms with van der Waals surface area (Å²) < 4.78 is 11.9. The topological polar surface area (TPSA) is 71.6 Å². The number of nitrogens with one attached hydrogen (secondary N) is 1. The Balaban J connectivity index is 1.54. The minimum absolute atomic E-state index is 0.161. The van der Waals surface area contributed by atoms with E-state index in [0.29, 0.717) is 24.2 Å². The standard InChI is InChI=1S/C21H26ClN3O2/c1-15-10-18(26-13-16-6-8-25(9-7-16)21(23)24)12-19(11-15)27-14-17-4-2-3-5-20(17)22/h2-5,10-12,16H,6-9,13-14H2,1H3,(H3,23,24). The van der Waals surface area contributed by atoms with Crippen molar-refractivity contribution < 1.29 is 9.47 Å². The van der Waals surface area contributed by atoms with Gasteiger partial charge in [0, 0.05) is 29.7 Å². The van der Waals surface area contributed by atoms with E-state index >= 15 is 0 Å². The number of halogens is 1. The van der Waals surface area contributed by atoms with Crippen molar-refractivity contribution in [3.8, 4) is 11.5 Å². The molecule has 1 fully saturated rings. The van der Waals surface area contributed by atoms with Crippen molar-refractivity contribution in [3.63, 3.8) is 0 Å². The molecule has 0 aromatic heterocycles. The van der Waals surface area contributed by atoms with Crippen LogP contribution in [0.3, 0.4) is 0 Å². The first-order chi connectivity index (χ1) is 13.0. The molecule has 0 radical (unpaired) electrons. The third-order valence-corrected chi connectivity index (χ3v) is 5.19. The van der Waals surface area contributed by atoms with Crippen molar-refractivity contribution in [3.05, 3.63) is 58.6 Å². The lowest BCUT2D eigenvalue weighted by atomic mass is 9.98. The molecule has 6 heteroatoms. The summed E-state index contributed by atoms with van der Waals surface area (Å²) in [6, 6.07) is 13.6. The molecule has 0 amide bonds. The van der Waals surface area contributed by atoms with Crippen molar-refractivity contribution in [2.24, 2.45) is 11.7 Å². The normalized spacial score (nSPS) is 14.8. The molecule has 27 heavy (non-hydrogen) atoms. The second-order valence-corrected chi connectivity index (χ2v) is 7.40. The van der Waals surface area contributed by atoms with Gasteiger partial charge in [-0.15, -0.1) is 0 Å². The quantitative estimate of drug-likeness (QED) is 0.575. The van der Waals surface area contributed by atoms with Crippen LogP contribution in [0.25, 0.3) is 0 Å². The number of guanidine groups is 1.